The quantitative estimate of drug-likeness (QED) is 0.293. The number of benzene rings is 3. The molecule has 2 saturated heterocycles. The molecule has 198 valence electrons. The molecule has 0 radical (unpaired) electrons. The minimum atomic E-state index is -1.44. The number of anilines is 1. The van der Waals surface area contributed by atoms with E-state index >= 15 is 0 Å². The van der Waals surface area contributed by atoms with Crippen LogP contribution in [-0.4, -0.2) is 46.6 Å². The number of non-ortho nitro benzene ring substituents is 1. The molecule has 2 aliphatic heterocycles. The Balaban J connectivity index is 1.66. The van der Waals surface area contributed by atoms with E-state index in [2.05, 4.69) is 0 Å². The number of nitrogens with zero attached hydrogens (tertiary/aromatic N) is 3. The van der Waals surface area contributed by atoms with Crippen LogP contribution in [0.2, 0.25) is 0 Å². The number of fused-ring (bicyclic) bond motifs is 1. The van der Waals surface area contributed by atoms with Crippen molar-refractivity contribution in [3.63, 3.8) is 0 Å². The Bertz CT molecular complexity index is 1520. The SMILES string of the molecule is COc1cccc(C(=O)N2C(C(N)=O)C3C(=O)N(c4cccc([N+](=O)[O-])c4)C(=O)C3C2c2ccc(C)cc2)c1. The Morgan fingerprint density at radius 3 is 2.26 bits per heavy atom. The fourth-order valence-corrected chi connectivity index (χ4v) is 5.50. The summed E-state index contributed by atoms with van der Waals surface area (Å²) < 4.78 is 5.24. The molecule has 3 aromatic rings. The number of amides is 4. The number of carbonyl (C=O) groups excluding carboxylic acids is 4. The summed E-state index contributed by atoms with van der Waals surface area (Å²) in [4.78, 5) is 67.4. The maximum atomic E-state index is 13.9. The summed E-state index contributed by atoms with van der Waals surface area (Å²) in [7, 11) is 1.45. The maximum Gasteiger partial charge on any atom is 0.271 e. The normalized spacial score (nSPS) is 22.1. The van der Waals surface area contributed by atoms with Gasteiger partial charge in [-0.05, 0) is 36.8 Å². The Labute approximate surface area is 222 Å². The molecular formula is C28H24N4O7. The number of aryl methyl sites for hydroxylation is 1. The van der Waals surface area contributed by atoms with Gasteiger partial charge in [0, 0.05) is 17.7 Å². The fraction of sp³-hybridized carbons (Fsp3) is 0.214. The molecule has 4 amide bonds. The predicted molar refractivity (Wildman–Crippen MR) is 139 cm³/mol. The molecule has 11 nitrogen and oxygen atoms in total. The number of likely N-dealkylation sites (tertiary alicyclic amines) is 1. The first-order valence-electron chi connectivity index (χ1n) is 12.1. The Morgan fingerprint density at radius 2 is 1.62 bits per heavy atom. The minimum absolute atomic E-state index is 0.00477. The third kappa shape index (κ3) is 4.17. The second-order valence-corrected chi connectivity index (χ2v) is 9.49. The van der Waals surface area contributed by atoms with Crippen molar-refractivity contribution >= 4 is 35.0 Å². The van der Waals surface area contributed by atoms with Gasteiger partial charge < -0.3 is 15.4 Å². The number of carbonyl (C=O) groups is 4. The van der Waals surface area contributed by atoms with Gasteiger partial charge in [0.05, 0.1) is 35.6 Å². The molecule has 4 unspecified atom stereocenters. The highest BCUT2D eigenvalue weighted by atomic mass is 16.6. The summed E-state index contributed by atoms with van der Waals surface area (Å²) >= 11 is 0. The number of ether oxygens (including phenoxy) is 1. The molecule has 2 heterocycles. The van der Waals surface area contributed by atoms with Crippen LogP contribution in [-0.2, 0) is 14.4 Å². The van der Waals surface area contributed by atoms with E-state index in [-0.39, 0.29) is 16.9 Å². The first kappa shape index (κ1) is 25.6. The molecule has 0 saturated carbocycles. The number of primary amides is 1. The molecule has 11 heteroatoms. The molecule has 39 heavy (non-hydrogen) atoms. The molecule has 2 N–H and O–H groups in total. The van der Waals surface area contributed by atoms with Crippen LogP contribution in [0.3, 0.4) is 0 Å². The molecule has 2 aliphatic rings. The fourth-order valence-electron chi connectivity index (χ4n) is 5.50. The van der Waals surface area contributed by atoms with E-state index < -0.39 is 52.5 Å². The number of methoxy groups -OCH3 is 1. The van der Waals surface area contributed by atoms with Gasteiger partial charge in [-0.25, -0.2) is 4.90 Å². The summed E-state index contributed by atoms with van der Waals surface area (Å²) in [6.07, 6.45) is 0. The molecule has 5 rings (SSSR count). The van der Waals surface area contributed by atoms with Crippen molar-refractivity contribution in [1.82, 2.24) is 4.90 Å². The number of nitro groups is 1. The van der Waals surface area contributed by atoms with Crippen molar-refractivity contribution in [3.05, 3.63) is 99.6 Å². The summed E-state index contributed by atoms with van der Waals surface area (Å²) in [5.41, 5.74) is 7.16. The average molecular weight is 529 g/mol. The Kier molecular flexibility index (Phi) is 6.35. The number of imide groups is 1. The van der Waals surface area contributed by atoms with Crippen LogP contribution < -0.4 is 15.4 Å². The molecule has 0 aromatic heterocycles. The van der Waals surface area contributed by atoms with Crippen LogP contribution in [0.5, 0.6) is 5.75 Å². The van der Waals surface area contributed by atoms with Crippen molar-refractivity contribution in [3.8, 4) is 5.75 Å². The van der Waals surface area contributed by atoms with Crippen LogP contribution in [0.4, 0.5) is 11.4 Å². The highest BCUT2D eigenvalue weighted by molar-refractivity contribution is 6.24. The van der Waals surface area contributed by atoms with Gasteiger partial charge in [0.15, 0.2) is 0 Å². The zero-order valence-electron chi connectivity index (χ0n) is 21.0. The lowest BCUT2D eigenvalue weighted by Crippen LogP contribution is -2.50. The van der Waals surface area contributed by atoms with E-state index in [4.69, 9.17) is 10.5 Å². The van der Waals surface area contributed by atoms with E-state index in [9.17, 15) is 29.3 Å². The van der Waals surface area contributed by atoms with Crippen molar-refractivity contribution in [1.29, 1.82) is 0 Å². The van der Waals surface area contributed by atoms with Gasteiger partial charge in [-0.2, -0.15) is 0 Å². The third-order valence-electron chi connectivity index (χ3n) is 7.24. The molecule has 0 spiro atoms. The largest absolute Gasteiger partial charge is 0.497 e. The maximum absolute atomic E-state index is 13.9. The zero-order valence-corrected chi connectivity index (χ0v) is 21.0. The second kappa shape index (κ2) is 9.67. The minimum Gasteiger partial charge on any atom is -0.497 e. The van der Waals surface area contributed by atoms with Crippen molar-refractivity contribution in [2.24, 2.45) is 17.6 Å². The van der Waals surface area contributed by atoms with Crippen LogP contribution in [0.25, 0.3) is 0 Å². The Morgan fingerprint density at radius 1 is 0.949 bits per heavy atom. The van der Waals surface area contributed by atoms with Crippen LogP contribution in [0.15, 0.2) is 72.8 Å². The molecule has 0 bridgehead atoms. The molecule has 4 atom stereocenters. The number of nitrogens with two attached hydrogens (primary N) is 1. The smallest absolute Gasteiger partial charge is 0.271 e. The average Bonchev–Trinajstić information content (AvgIpc) is 3.41. The highest BCUT2D eigenvalue weighted by Crippen LogP contribution is 2.51. The Hall–Kier alpha value is -5.06. The van der Waals surface area contributed by atoms with Gasteiger partial charge in [-0.3, -0.25) is 29.3 Å². The van der Waals surface area contributed by atoms with Gasteiger partial charge in [0.2, 0.25) is 17.7 Å². The summed E-state index contributed by atoms with van der Waals surface area (Å²) in [6.45, 7) is 1.88. The van der Waals surface area contributed by atoms with E-state index in [1.165, 1.54) is 36.3 Å². The first-order valence-corrected chi connectivity index (χ1v) is 12.1. The van der Waals surface area contributed by atoms with Gasteiger partial charge in [0.25, 0.3) is 11.6 Å². The van der Waals surface area contributed by atoms with Gasteiger partial charge in [-0.1, -0.05) is 42.0 Å². The van der Waals surface area contributed by atoms with Crippen molar-refractivity contribution < 1.29 is 28.8 Å². The monoisotopic (exact) mass is 528 g/mol. The lowest BCUT2D eigenvalue weighted by molar-refractivity contribution is -0.384. The number of hydrogen-bond acceptors (Lipinski definition) is 7. The summed E-state index contributed by atoms with van der Waals surface area (Å²) in [5, 5.41) is 11.3. The van der Waals surface area contributed by atoms with E-state index in [1.54, 1.807) is 42.5 Å². The standard InChI is InChI=1S/C28H24N4O7/c1-15-9-11-16(12-10-15)23-21-22(28(36)30(27(21)35)18-6-4-7-19(14-18)32(37)38)24(25(29)33)31(23)26(34)17-5-3-8-20(13-17)39-2/h3-14,21-24H,1-2H3,(H2,29,33). The number of rotatable bonds is 6. The zero-order chi connectivity index (χ0) is 28.0. The van der Waals surface area contributed by atoms with Crippen LogP contribution in [0.1, 0.15) is 27.5 Å². The van der Waals surface area contributed by atoms with Crippen LogP contribution in [0, 0.1) is 28.9 Å². The van der Waals surface area contributed by atoms with Crippen molar-refractivity contribution in [2.45, 2.75) is 19.0 Å². The second-order valence-electron chi connectivity index (χ2n) is 9.49. The lowest BCUT2D eigenvalue weighted by Gasteiger charge is -2.32. The van der Waals surface area contributed by atoms with E-state index in [0.717, 1.165) is 16.5 Å². The third-order valence-corrected chi connectivity index (χ3v) is 7.24. The molecule has 0 aliphatic carbocycles. The van der Waals surface area contributed by atoms with Gasteiger partial charge >= 0.3 is 0 Å². The molecule has 3 aromatic carbocycles. The highest BCUT2D eigenvalue weighted by Gasteiger charge is 2.65. The first-order chi connectivity index (χ1) is 18.6. The van der Waals surface area contributed by atoms with Crippen LogP contribution >= 0.6 is 0 Å². The predicted octanol–water partition coefficient (Wildman–Crippen LogP) is 2.77. The van der Waals surface area contributed by atoms with E-state index in [0.29, 0.717) is 11.3 Å². The number of hydrogen-bond donors (Lipinski definition) is 1. The van der Waals surface area contributed by atoms with E-state index in [1.807, 2.05) is 6.92 Å². The van der Waals surface area contributed by atoms with Crippen molar-refractivity contribution in [2.75, 3.05) is 12.0 Å². The summed E-state index contributed by atoms with van der Waals surface area (Å²) in [5.74, 6) is -5.00. The summed E-state index contributed by atoms with van der Waals surface area (Å²) in [6, 6.07) is 16.1. The molecular weight excluding hydrogens is 504 g/mol. The molecule has 2 fully saturated rings. The lowest BCUT2D eigenvalue weighted by atomic mass is 9.86. The number of nitro benzene ring substituents is 1. The topological polar surface area (TPSA) is 153 Å². The van der Waals surface area contributed by atoms with Gasteiger partial charge in [0.1, 0.15) is 11.8 Å². The van der Waals surface area contributed by atoms with Gasteiger partial charge in [-0.15, -0.1) is 0 Å².